The third-order valence-corrected chi connectivity index (χ3v) is 4.59. The Hall–Kier alpha value is -3.26. The third-order valence-electron chi connectivity index (χ3n) is 4.59. The van der Waals surface area contributed by atoms with Crippen molar-refractivity contribution in [3.63, 3.8) is 0 Å². The number of hydrogen-bond donors (Lipinski definition) is 2. The summed E-state index contributed by atoms with van der Waals surface area (Å²) in [7, 11) is 1.59. The molecule has 0 radical (unpaired) electrons. The van der Waals surface area contributed by atoms with Crippen molar-refractivity contribution >= 4 is 23.2 Å². The molecule has 1 heterocycles. The second-order valence-electron chi connectivity index (χ2n) is 6.84. The molecule has 8 heteroatoms. The molecular weight excluding hydrogens is 386 g/mol. The number of methoxy groups -OCH3 is 1. The number of likely N-dealkylation sites (N-methyl/N-ethyl adjacent to an activating group) is 1. The molecule has 0 atom stereocenters. The average molecular weight is 413 g/mol. The van der Waals surface area contributed by atoms with Crippen LogP contribution in [0.3, 0.4) is 0 Å². The normalized spacial score (nSPS) is 12.8. The minimum Gasteiger partial charge on any atom is -0.497 e. The molecule has 0 bridgehead atoms. The fourth-order valence-corrected chi connectivity index (χ4v) is 3.00. The maximum absolute atomic E-state index is 12.5. The number of fused-ring (bicyclic) bond motifs is 1. The first-order valence-corrected chi connectivity index (χ1v) is 9.93. The Labute approximate surface area is 176 Å². The molecule has 0 saturated carbocycles. The molecule has 8 nitrogen and oxygen atoms in total. The number of nitrogens with zero attached hydrogens (tertiary/aromatic N) is 1. The molecule has 1 aliphatic heterocycles. The average Bonchev–Trinajstić information content (AvgIpc) is 2.98. The van der Waals surface area contributed by atoms with Gasteiger partial charge in [0.2, 0.25) is 11.8 Å². The molecule has 3 rings (SSSR count). The number of ether oxygens (including phenoxy) is 3. The van der Waals surface area contributed by atoms with Crippen LogP contribution < -0.4 is 24.8 Å². The highest BCUT2D eigenvalue weighted by Crippen LogP contribution is 2.32. The van der Waals surface area contributed by atoms with Gasteiger partial charge in [0.05, 0.1) is 33.4 Å². The number of amides is 2. The second kappa shape index (κ2) is 10.5. The van der Waals surface area contributed by atoms with Gasteiger partial charge in [-0.2, -0.15) is 0 Å². The minimum atomic E-state index is -0.205. The summed E-state index contributed by atoms with van der Waals surface area (Å²) in [4.78, 5) is 26.5. The number of rotatable bonds is 8. The van der Waals surface area contributed by atoms with E-state index in [9.17, 15) is 9.59 Å². The van der Waals surface area contributed by atoms with Crippen LogP contribution in [0.2, 0.25) is 0 Å². The topological polar surface area (TPSA) is 89.1 Å². The number of anilines is 2. The molecule has 0 aromatic heterocycles. The standard InChI is InChI=1S/C22H27N3O5/c1-3-25(14-21(26)23-16-5-8-18(28-2)9-6-16)15-22(27)24-17-7-10-19-20(13-17)30-12-4-11-29-19/h5-10,13H,3-4,11-12,14-15H2,1-2H3,(H,23,26)(H,24,27). The molecule has 0 spiro atoms. The van der Waals surface area contributed by atoms with Crippen LogP contribution in [-0.2, 0) is 9.59 Å². The lowest BCUT2D eigenvalue weighted by Crippen LogP contribution is -2.38. The number of carbonyl (C=O) groups is 2. The van der Waals surface area contributed by atoms with Crippen molar-refractivity contribution in [2.75, 3.05) is 50.6 Å². The van der Waals surface area contributed by atoms with Crippen LogP contribution >= 0.6 is 0 Å². The molecule has 30 heavy (non-hydrogen) atoms. The predicted octanol–water partition coefficient (Wildman–Crippen LogP) is 2.76. The molecule has 0 saturated heterocycles. The van der Waals surface area contributed by atoms with Gasteiger partial charge in [-0.05, 0) is 42.9 Å². The summed E-state index contributed by atoms with van der Waals surface area (Å²) >= 11 is 0. The molecule has 0 aliphatic carbocycles. The van der Waals surface area contributed by atoms with Gasteiger partial charge in [0, 0.05) is 23.9 Å². The molecule has 0 unspecified atom stereocenters. The van der Waals surface area contributed by atoms with Gasteiger partial charge in [-0.25, -0.2) is 0 Å². The van der Waals surface area contributed by atoms with E-state index in [4.69, 9.17) is 14.2 Å². The molecule has 2 aromatic carbocycles. The molecular formula is C22H27N3O5. The van der Waals surface area contributed by atoms with Crippen molar-refractivity contribution in [3.8, 4) is 17.2 Å². The fourth-order valence-electron chi connectivity index (χ4n) is 3.00. The van der Waals surface area contributed by atoms with E-state index >= 15 is 0 Å². The van der Waals surface area contributed by atoms with Crippen LogP contribution in [-0.4, -0.2) is 56.7 Å². The summed E-state index contributed by atoms with van der Waals surface area (Å²) in [5.41, 5.74) is 1.30. The Morgan fingerprint density at radius 2 is 1.53 bits per heavy atom. The summed E-state index contributed by atoms with van der Waals surface area (Å²) in [6, 6.07) is 12.4. The maximum atomic E-state index is 12.5. The summed E-state index contributed by atoms with van der Waals surface area (Å²) in [6.07, 6.45) is 0.820. The Kier molecular flexibility index (Phi) is 7.51. The van der Waals surface area contributed by atoms with Gasteiger partial charge >= 0.3 is 0 Å². The summed E-state index contributed by atoms with van der Waals surface area (Å²) in [6.45, 7) is 3.87. The van der Waals surface area contributed by atoms with Gasteiger partial charge in [-0.15, -0.1) is 0 Å². The second-order valence-corrected chi connectivity index (χ2v) is 6.84. The first-order chi connectivity index (χ1) is 14.6. The third kappa shape index (κ3) is 6.12. The minimum absolute atomic E-state index is 0.0982. The van der Waals surface area contributed by atoms with E-state index in [1.54, 1.807) is 54.5 Å². The highest BCUT2D eigenvalue weighted by Gasteiger charge is 2.15. The summed E-state index contributed by atoms with van der Waals surface area (Å²) < 4.78 is 16.4. The maximum Gasteiger partial charge on any atom is 0.238 e. The van der Waals surface area contributed by atoms with Crippen molar-refractivity contribution in [1.29, 1.82) is 0 Å². The highest BCUT2D eigenvalue weighted by atomic mass is 16.5. The first kappa shape index (κ1) is 21.4. The summed E-state index contributed by atoms with van der Waals surface area (Å²) in [5, 5.41) is 5.67. The first-order valence-electron chi connectivity index (χ1n) is 9.93. The molecule has 160 valence electrons. The van der Waals surface area contributed by atoms with E-state index in [2.05, 4.69) is 10.6 Å². The number of nitrogens with one attached hydrogen (secondary N) is 2. The number of carbonyl (C=O) groups excluding carboxylic acids is 2. The van der Waals surface area contributed by atoms with Crippen molar-refractivity contribution in [2.24, 2.45) is 0 Å². The predicted molar refractivity (Wildman–Crippen MR) is 114 cm³/mol. The quantitative estimate of drug-likeness (QED) is 0.692. The van der Waals surface area contributed by atoms with E-state index < -0.39 is 0 Å². The van der Waals surface area contributed by atoms with Gasteiger partial charge in [0.25, 0.3) is 0 Å². The number of hydrogen-bond acceptors (Lipinski definition) is 6. The molecule has 0 fully saturated rings. The van der Waals surface area contributed by atoms with Crippen LogP contribution in [0.15, 0.2) is 42.5 Å². The van der Waals surface area contributed by atoms with E-state index in [0.29, 0.717) is 42.6 Å². The van der Waals surface area contributed by atoms with Crippen LogP contribution in [0.25, 0.3) is 0 Å². The van der Waals surface area contributed by atoms with Crippen LogP contribution in [0.5, 0.6) is 17.2 Å². The van der Waals surface area contributed by atoms with E-state index in [0.717, 1.165) is 12.2 Å². The highest BCUT2D eigenvalue weighted by molar-refractivity contribution is 5.94. The molecule has 1 aliphatic rings. The fraction of sp³-hybridized carbons (Fsp3) is 0.364. The smallest absolute Gasteiger partial charge is 0.238 e. The lowest BCUT2D eigenvalue weighted by atomic mass is 10.2. The Bertz CT molecular complexity index is 870. The Morgan fingerprint density at radius 3 is 2.17 bits per heavy atom. The van der Waals surface area contributed by atoms with Crippen molar-refractivity contribution in [1.82, 2.24) is 4.90 Å². The summed E-state index contributed by atoms with van der Waals surface area (Å²) in [5.74, 6) is 1.62. The zero-order chi connectivity index (χ0) is 21.3. The Morgan fingerprint density at radius 1 is 0.933 bits per heavy atom. The van der Waals surface area contributed by atoms with Gasteiger partial charge in [0.15, 0.2) is 11.5 Å². The van der Waals surface area contributed by atoms with Gasteiger partial charge in [-0.1, -0.05) is 6.92 Å². The zero-order valence-electron chi connectivity index (χ0n) is 17.3. The SMILES string of the molecule is CCN(CC(=O)Nc1ccc(OC)cc1)CC(=O)Nc1ccc2c(c1)OCCCO2. The van der Waals surface area contributed by atoms with Crippen LogP contribution in [0.4, 0.5) is 11.4 Å². The van der Waals surface area contributed by atoms with E-state index in [1.807, 2.05) is 6.92 Å². The van der Waals surface area contributed by atoms with Crippen molar-refractivity contribution < 1.29 is 23.8 Å². The van der Waals surface area contributed by atoms with Crippen molar-refractivity contribution in [3.05, 3.63) is 42.5 Å². The largest absolute Gasteiger partial charge is 0.497 e. The van der Waals surface area contributed by atoms with Gasteiger partial charge in [0.1, 0.15) is 5.75 Å². The Balaban J connectivity index is 1.51. The van der Waals surface area contributed by atoms with Crippen LogP contribution in [0.1, 0.15) is 13.3 Å². The monoisotopic (exact) mass is 413 g/mol. The van der Waals surface area contributed by atoms with Gasteiger partial charge in [-0.3, -0.25) is 14.5 Å². The molecule has 2 N–H and O–H groups in total. The number of benzene rings is 2. The zero-order valence-corrected chi connectivity index (χ0v) is 17.3. The van der Waals surface area contributed by atoms with Crippen molar-refractivity contribution in [2.45, 2.75) is 13.3 Å². The van der Waals surface area contributed by atoms with Gasteiger partial charge < -0.3 is 24.8 Å². The van der Waals surface area contributed by atoms with Crippen LogP contribution in [0, 0.1) is 0 Å². The molecule has 2 aromatic rings. The van der Waals surface area contributed by atoms with E-state index in [1.165, 1.54) is 0 Å². The molecule has 2 amide bonds. The lowest BCUT2D eigenvalue weighted by molar-refractivity contribution is -0.119. The lowest BCUT2D eigenvalue weighted by Gasteiger charge is -2.19. The van der Waals surface area contributed by atoms with E-state index in [-0.39, 0.29) is 24.9 Å².